The molecule has 1 amide bonds. The fourth-order valence-corrected chi connectivity index (χ4v) is 2.05. The van der Waals surface area contributed by atoms with Crippen molar-refractivity contribution in [3.8, 4) is 0 Å². The van der Waals surface area contributed by atoms with Gasteiger partial charge >= 0.3 is 0 Å². The zero-order valence-corrected chi connectivity index (χ0v) is 11.1. The van der Waals surface area contributed by atoms with Crippen LogP contribution in [0.1, 0.15) is 5.56 Å². The van der Waals surface area contributed by atoms with Gasteiger partial charge in [-0.25, -0.2) is 4.39 Å². The van der Waals surface area contributed by atoms with Gasteiger partial charge in [0.05, 0.1) is 6.42 Å². The zero-order valence-electron chi connectivity index (χ0n) is 9.49. The van der Waals surface area contributed by atoms with Crippen molar-refractivity contribution in [2.24, 2.45) is 0 Å². The second-order valence-corrected chi connectivity index (χ2v) is 4.78. The number of carbonyl (C=O) groups is 1. The summed E-state index contributed by atoms with van der Waals surface area (Å²) in [6, 6.07) is 13.4. The Bertz CT molecular complexity index is 522. The molecule has 0 spiro atoms. The molecule has 0 heterocycles. The molecule has 2 nitrogen and oxygen atoms in total. The molecule has 0 saturated carbocycles. The van der Waals surface area contributed by atoms with Crippen molar-refractivity contribution in [2.45, 2.75) is 6.42 Å². The fraction of sp³-hybridized carbons (Fsp3) is 0.0714. The summed E-state index contributed by atoms with van der Waals surface area (Å²) >= 11 is 3.35. The lowest BCUT2D eigenvalue weighted by atomic mass is 10.1. The minimum absolute atomic E-state index is 0.168. The Morgan fingerprint density at radius 1 is 1.17 bits per heavy atom. The number of nitrogens with one attached hydrogen (secondary N) is 1. The van der Waals surface area contributed by atoms with Crippen molar-refractivity contribution in [1.29, 1.82) is 0 Å². The van der Waals surface area contributed by atoms with Crippen molar-refractivity contribution in [3.05, 3.63) is 64.4 Å². The Hall–Kier alpha value is -1.68. The van der Waals surface area contributed by atoms with Gasteiger partial charge in [0.1, 0.15) is 5.82 Å². The molecule has 2 aromatic rings. The lowest BCUT2D eigenvalue weighted by Crippen LogP contribution is -2.14. The lowest BCUT2D eigenvalue weighted by Gasteiger charge is -2.05. The minimum Gasteiger partial charge on any atom is -0.326 e. The van der Waals surface area contributed by atoms with E-state index in [9.17, 15) is 9.18 Å². The highest BCUT2D eigenvalue weighted by Gasteiger charge is 2.05. The third kappa shape index (κ3) is 3.67. The number of hydrogen-bond donors (Lipinski definition) is 1. The van der Waals surface area contributed by atoms with Gasteiger partial charge in [0.25, 0.3) is 0 Å². The van der Waals surface area contributed by atoms with Crippen LogP contribution in [0.15, 0.2) is 53.0 Å². The number of hydrogen-bond acceptors (Lipinski definition) is 1. The van der Waals surface area contributed by atoms with Crippen molar-refractivity contribution in [2.75, 3.05) is 5.32 Å². The van der Waals surface area contributed by atoms with Gasteiger partial charge in [0.15, 0.2) is 0 Å². The highest BCUT2D eigenvalue weighted by molar-refractivity contribution is 9.10. The Balaban J connectivity index is 2.01. The van der Waals surface area contributed by atoms with Gasteiger partial charge < -0.3 is 5.32 Å². The Morgan fingerprint density at radius 2 is 1.94 bits per heavy atom. The third-order valence-corrected chi connectivity index (χ3v) is 2.86. The van der Waals surface area contributed by atoms with Gasteiger partial charge in [-0.1, -0.05) is 34.1 Å². The Labute approximate surface area is 113 Å². The molecular formula is C14H11BrFNO. The largest absolute Gasteiger partial charge is 0.326 e. The van der Waals surface area contributed by atoms with Gasteiger partial charge in [0, 0.05) is 10.2 Å². The number of anilines is 1. The maximum absolute atomic E-state index is 12.9. The highest BCUT2D eigenvalue weighted by Crippen LogP contribution is 2.13. The average Bonchev–Trinajstić information content (AvgIpc) is 2.28. The van der Waals surface area contributed by atoms with Crippen molar-refractivity contribution >= 4 is 27.5 Å². The standard InChI is InChI=1S/C14H11BrFNO/c15-11-4-1-3-10(7-11)8-14(18)17-13-6-2-5-12(16)9-13/h1-7,9H,8H2,(H,17,18). The molecule has 0 fully saturated rings. The van der Waals surface area contributed by atoms with Crippen LogP contribution in [0, 0.1) is 5.82 Å². The first kappa shape index (κ1) is 12.8. The van der Waals surface area contributed by atoms with E-state index in [1.54, 1.807) is 12.1 Å². The van der Waals surface area contributed by atoms with Gasteiger partial charge in [-0.2, -0.15) is 0 Å². The molecule has 4 heteroatoms. The summed E-state index contributed by atoms with van der Waals surface area (Å²) in [6.07, 6.45) is 0.260. The number of benzene rings is 2. The summed E-state index contributed by atoms with van der Waals surface area (Å²) in [5.74, 6) is -0.533. The molecule has 0 aliphatic heterocycles. The van der Waals surface area contributed by atoms with Gasteiger partial charge in [-0.3, -0.25) is 4.79 Å². The topological polar surface area (TPSA) is 29.1 Å². The molecule has 0 radical (unpaired) electrons. The molecule has 0 bridgehead atoms. The molecule has 1 N–H and O–H groups in total. The van der Waals surface area contributed by atoms with E-state index in [0.717, 1.165) is 10.0 Å². The summed E-state index contributed by atoms with van der Waals surface area (Å²) < 4.78 is 13.9. The zero-order chi connectivity index (χ0) is 13.0. The quantitative estimate of drug-likeness (QED) is 0.919. The van der Waals surface area contributed by atoms with Gasteiger partial charge in [0.2, 0.25) is 5.91 Å². The van der Waals surface area contributed by atoms with Crippen LogP contribution in [0.4, 0.5) is 10.1 Å². The molecular weight excluding hydrogens is 297 g/mol. The monoisotopic (exact) mass is 307 g/mol. The predicted molar refractivity (Wildman–Crippen MR) is 72.9 cm³/mol. The Kier molecular flexibility index (Phi) is 4.10. The first-order chi connectivity index (χ1) is 8.63. The van der Waals surface area contributed by atoms with Crippen LogP contribution < -0.4 is 5.32 Å². The second-order valence-electron chi connectivity index (χ2n) is 3.87. The van der Waals surface area contributed by atoms with Crippen LogP contribution >= 0.6 is 15.9 Å². The van der Waals surface area contributed by atoms with Crippen molar-refractivity contribution in [1.82, 2.24) is 0 Å². The van der Waals surface area contributed by atoms with E-state index >= 15 is 0 Å². The minimum atomic E-state index is -0.366. The second kappa shape index (κ2) is 5.78. The molecule has 2 aromatic carbocycles. The number of amides is 1. The molecule has 0 saturated heterocycles. The maximum Gasteiger partial charge on any atom is 0.228 e. The predicted octanol–water partition coefficient (Wildman–Crippen LogP) is 3.77. The van der Waals surface area contributed by atoms with Gasteiger partial charge in [-0.15, -0.1) is 0 Å². The number of rotatable bonds is 3. The van der Waals surface area contributed by atoms with Crippen LogP contribution in [-0.2, 0) is 11.2 Å². The van der Waals surface area contributed by atoms with E-state index in [2.05, 4.69) is 21.2 Å². The number of halogens is 2. The van der Waals surface area contributed by atoms with Crippen LogP contribution in [0.2, 0.25) is 0 Å². The molecule has 0 aliphatic rings. The first-order valence-electron chi connectivity index (χ1n) is 5.43. The fourth-order valence-electron chi connectivity index (χ4n) is 1.60. The summed E-state index contributed by atoms with van der Waals surface area (Å²) in [5.41, 5.74) is 1.37. The van der Waals surface area contributed by atoms with Crippen LogP contribution in [0.3, 0.4) is 0 Å². The van der Waals surface area contributed by atoms with Crippen molar-refractivity contribution in [3.63, 3.8) is 0 Å². The van der Waals surface area contributed by atoms with E-state index in [4.69, 9.17) is 0 Å². The van der Waals surface area contributed by atoms with Crippen LogP contribution in [-0.4, -0.2) is 5.91 Å². The molecule has 0 aromatic heterocycles. The van der Waals surface area contributed by atoms with E-state index in [-0.39, 0.29) is 18.1 Å². The summed E-state index contributed by atoms with van der Waals surface area (Å²) in [4.78, 5) is 11.8. The maximum atomic E-state index is 12.9. The molecule has 18 heavy (non-hydrogen) atoms. The SMILES string of the molecule is O=C(Cc1cccc(Br)c1)Nc1cccc(F)c1. The van der Waals surface area contributed by atoms with Gasteiger partial charge in [-0.05, 0) is 35.9 Å². The van der Waals surface area contributed by atoms with E-state index in [1.165, 1.54) is 12.1 Å². The molecule has 2 rings (SSSR count). The normalized spacial score (nSPS) is 10.1. The van der Waals surface area contributed by atoms with E-state index in [0.29, 0.717) is 5.69 Å². The summed E-state index contributed by atoms with van der Waals surface area (Å²) in [5, 5.41) is 2.66. The average molecular weight is 308 g/mol. The van der Waals surface area contributed by atoms with Crippen LogP contribution in [0.25, 0.3) is 0 Å². The molecule has 0 atom stereocenters. The molecule has 92 valence electrons. The van der Waals surface area contributed by atoms with Crippen molar-refractivity contribution < 1.29 is 9.18 Å². The van der Waals surface area contributed by atoms with E-state index < -0.39 is 0 Å². The Morgan fingerprint density at radius 3 is 2.67 bits per heavy atom. The third-order valence-electron chi connectivity index (χ3n) is 2.36. The first-order valence-corrected chi connectivity index (χ1v) is 6.22. The smallest absolute Gasteiger partial charge is 0.228 e. The van der Waals surface area contributed by atoms with Crippen LogP contribution in [0.5, 0.6) is 0 Å². The van der Waals surface area contributed by atoms with E-state index in [1.807, 2.05) is 24.3 Å². The highest BCUT2D eigenvalue weighted by atomic mass is 79.9. The summed E-state index contributed by atoms with van der Waals surface area (Å²) in [6.45, 7) is 0. The lowest BCUT2D eigenvalue weighted by molar-refractivity contribution is -0.115. The molecule has 0 unspecified atom stereocenters. The number of carbonyl (C=O) groups excluding carboxylic acids is 1. The summed E-state index contributed by atoms with van der Waals surface area (Å²) in [7, 11) is 0. The molecule has 0 aliphatic carbocycles.